The third-order valence-electron chi connectivity index (χ3n) is 2.49. The Morgan fingerprint density at radius 2 is 1.44 bits per heavy atom. The Morgan fingerprint density at radius 1 is 0.875 bits per heavy atom. The van der Waals surface area contributed by atoms with Crippen LogP contribution in [-0.4, -0.2) is 0 Å². The molecule has 0 fully saturated rings. The van der Waals surface area contributed by atoms with Crippen molar-refractivity contribution < 1.29 is 4.39 Å². The molecule has 16 heavy (non-hydrogen) atoms. The summed E-state index contributed by atoms with van der Waals surface area (Å²) in [5.41, 5.74) is 1.24. The Hall–Kier alpha value is -1.96. The van der Waals surface area contributed by atoms with E-state index in [2.05, 4.69) is 0 Å². The molecule has 2 heteroatoms. The van der Waals surface area contributed by atoms with Crippen LogP contribution in [0, 0.1) is 12.7 Å². The van der Waals surface area contributed by atoms with E-state index in [1.807, 2.05) is 0 Å². The van der Waals surface area contributed by atoms with E-state index in [9.17, 15) is 9.18 Å². The lowest BCUT2D eigenvalue weighted by atomic mass is 10.1. The molecule has 0 aliphatic heterocycles. The Labute approximate surface area is 93.2 Å². The van der Waals surface area contributed by atoms with Gasteiger partial charge in [0.1, 0.15) is 5.82 Å². The van der Waals surface area contributed by atoms with Crippen molar-refractivity contribution in [3.63, 3.8) is 0 Å². The highest BCUT2D eigenvalue weighted by atomic mass is 19.1. The maximum absolute atomic E-state index is 13.6. The highest BCUT2D eigenvalue weighted by molar-refractivity contribution is 5.64. The molecule has 0 amide bonds. The highest BCUT2D eigenvalue weighted by Gasteiger charge is 2.07. The molecule has 0 saturated heterocycles. The monoisotopic (exact) mass is 214 g/mol. The summed E-state index contributed by atoms with van der Waals surface area (Å²) in [6.45, 7) is 1.73. The summed E-state index contributed by atoms with van der Waals surface area (Å²) in [6, 6.07) is 13.2. The van der Waals surface area contributed by atoms with E-state index in [4.69, 9.17) is 0 Å². The van der Waals surface area contributed by atoms with Gasteiger partial charge in [0.15, 0.2) is 5.43 Å². The van der Waals surface area contributed by atoms with Gasteiger partial charge in [0, 0.05) is 11.1 Å². The van der Waals surface area contributed by atoms with Gasteiger partial charge in [-0.2, -0.15) is 0 Å². The molecule has 0 unspecified atom stereocenters. The molecule has 0 aliphatic rings. The highest BCUT2D eigenvalue weighted by Crippen LogP contribution is 2.18. The fourth-order valence-corrected chi connectivity index (χ4v) is 1.61. The van der Waals surface area contributed by atoms with Crippen LogP contribution in [0.1, 0.15) is 5.56 Å². The molecule has 0 aromatic heterocycles. The minimum absolute atomic E-state index is 0.130. The maximum Gasteiger partial charge on any atom is 0.189 e. The van der Waals surface area contributed by atoms with E-state index >= 15 is 0 Å². The van der Waals surface area contributed by atoms with Crippen LogP contribution in [0.15, 0.2) is 53.3 Å². The van der Waals surface area contributed by atoms with Crippen LogP contribution in [0.3, 0.4) is 0 Å². The number of rotatable bonds is 1. The van der Waals surface area contributed by atoms with E-state index in [0.717, 1.165) is 0 Å². The smallest absolute Gasteiger partial charge is 0.189 e. The van der Waals surface area contributed by atoms with Gasteiger partial charge in [-0.1, -0.05) is 42.5 Å². The first kappa shape index (κ1) is 10.6. The first-order chi connectivity index (χ1) is 7.70. The Bertz CT molecular complexity index is 576. The van der Waals surface area contributed by atoms with Crippen LogP contribution in [0.5, 0.6) is 0 Å². The van der Waals surface area contributed by atoms with Crippen LogP contribution in [0.2, 0.25) is 0 Å². The van der Waals surface area contributed by atoms with Crippen molar-refractivity contribution in [2.45, 2.75) is 6.92 Å². The van der Waals surface area contributed by atoms with Crippen molar-refractivity contribution in [3.8, 4) is 11.1 Å². The topological polar surface area (TPSA) is 17.1 Å². The summed E-state index contributed by atoms with van der Waals surface area (Å²) in [5.74, 6) is -0.370. The van der Waals surface area contributed by atoms with Crippen molar-refractivity contribution in [1.82, 2.24) is 0 Å². The predicted octanol–water partition coefficient (Wildman–Crippen LogP) is 3.16. The van der Waals surface area contributed by atoms with E-state index in [-0.39, 0.29) is 11.2 Å². The van der Waals surface area contributed by atoms with Gasteiger partial charge in [-0.15, -0.1) is 0 Å². The summed E-state index contributed by atoms with van der Waals surface area (Å²) in [7, 11) is 0. The summed E-state index contributed by atoms with van der Waals surface area (Å²) in [4.78, 5) is 12.0. The normalized spacial score (nSPS) is 10.1. The average Bonchev–Trinajstić information content (AvgIpc) is 2.44. The second kappa shape index (κ2) is 4.27. The molecular formula is C14H11FO. The van der Waals surface area contributed by atoms with Crippen LogP contribution < -0.4 is 5.43 Å². The Kier molecular flexibility index (Phi) is 2.82. The van der Waals surface area contributed by atoms with Crippen LogP contribution in [-0.2, 0) is 0 Å². The Balaban J connectivity index is 2.77. The predicted molar refractivity (Wildman–Crippen MR) is 62.8 cm³/mol. The maximum atomic E-state index is 13.6. The van der Waals surface area contributed by atoms with Gasteiger partial charge in [0.05, 0.1) is 0 Å². The van der Waals surface area contributed by atoms with Crippen molar-refractivity contribution in [2.75, 3.05) is 0 Å². The molecular weight excluding hydrogens is 203 g/mol. The fraction of sp³-hybridized carbons (Fsp3) is 0.0714. The first-order valence-corrected chi connectivity index (χ1v) is 5.05. The van der Waals surface area contributed by atoms with Gasteiger partial charge in [-0.05, 0) is 18.6 Å². The van der Waals surface area contributed by atoms with Gasteiger partial charge >= 0.3 is 0 Å². The molecule has 0 heterocycles. The molecule has 0 saturated carbocycles. The third-order valence-corrected chi connectivity index (χ3v) is 2.49. The van der Waals surface area contributed by atoms with E-state index < -0.39 is 0 Å². The standard InChI is InChI=1S/C14H11FO/c1-10-6-2-3-8-12(14(10)16)11-7-4-5-9-13(11)15/h2-9H,1H3. The second-order valence-electron chi connectivity index (χ2n) is 3.62. The van der Waals surface area contributed by atoms with Crippen molar-refractivity contribution in [1.29, 1.82) is 0 Å². The Morgan fingerprint density at radius 3 is 2.12 bits per heavy atom. The number of hydrogen-bond acceptors (Lipinski definition) is 1. The average molecular weight is 214 g/mol. The van der Waals surface area contributed by atoms with Gasteiger partial charge in [-0.25, -0.2) is 4.39 Å². The number of hydrogen-bond donors (Lipinski definition) is 0. The minimum Gasteiger partial charge on any atom is -0.289 e. The summed E-state index contributed by atoms with van der Waals surface area (Å²) in [5, 5.41) is 0. The first-order valence-electron chi connectivity index (χ1n) is 5.05. The lowest BCUT2D eigenvalue weighted by molar-refractivity contribution is 0.631. The van der Waals surface area contributed by atoms with Crippen LogP contribution >= 0.6 is 0 Å². The van der Waals surface area contributed by atoms with Gasteiger partial charge < -0.3 is 0 Å². The van der Waals surface area contributed by atoms with Gasteiger partial charge in [0.25, 0.3) is 0 Å². The summed E-state index contributed by atoms with van der Waals surface area (Å²) < 4.78 is 13.6. The quantitative estimate of drug-likeness (QED) is 0.712. The van der Waals surface area contributed by atoms with Crippen molar-refractivity contribution in [3.05, 3.63) is 70.1 Å². The SMILES string of the molecule is Cc1ccccc(-c2ccccc2F)c1=O. The fourth-order valence-electron chi connectivity index (χ4n) is 1.61. The van der Waals surface area contributed by atoms with E-state index in [0.29, 0.717) is 16.7 Å². The zero-order chi connectivity index (χ0) is 11.5. The lowest BCUT2D eigenvalue weighted by Gasteiger charge is -1.99. The molecule has 2 aromatic carbocycles. The molecule has 0 bridgehead atoms. The molecule has 0 atom stereocenters. The van der Waals surface area contributed by atoms with E-state index in [1.165, 1.54) is 6.07 Å². The van der Waals surface area contributed by atoms with Crippen molar-refractivity contribution >= 4 is 0 Å². The minimum atomic E-state index is -0.370. The number of halogens is 1. The van der Waals surface area contributed by atoms with Crippen LogP contribution in [0.4, 0.5) is 4.39 Å². The third kappa shape index (κ3) is 1.87. The lowest BCUT2D eigenvalue weighted by Crippen LogP contribution is -2.05. The van der Waals surface area contributed by atoms with E-state index in [1.54, 1.807) is 49.4 Å². The van der Waals surface area contributed by atoms with Gasteiger partial charge in [-0.3, -0.25) is 4.79 Å². The molecule has 80 valence electrons. The zero-order valence-corrected chi connectivity index (χ0v) is 8.91. The van der Waals surface area contributed by atoms with Crippen LogP contribution in [0.25, 0.3) is 11.1 Å². The molecule has 0 radical (unpaired) electrons. The van der Waals surface area contributed by atoms with Gasteiger partial charge in [0.2, 0.25) is 0 Å². The number of aryl methyl sites for hydroxylation is 1. The molecule has 0 spiro atoms. The molecule has 1 nitrogen and oxygen atoms in total. The largest absolute Gasteiger partial charge is 0.289 e. The van der Waals surface area contributed by atoms with Crippen molar-refractivity contribution in [2.24, 2.45) is 0 Å². The summed E-state index contributed by atoms with van der Waals surface area (Å²) in [6.07, 6.45) is 0. The summed E-state index contributed by atoms with van der Waals surface area (Å²) >= 11 is 0. The molecule has 2 aromatic rings. The molecule has 2 rings (SSSR count). The number of benzene rings is 1. The second-order valence-corrected chi connectivity index (χ2v) is 3.62. The molecule has 0 N–H and O–H groups in total. The zero-order valence-electron chi connectivity index (χ0n) is 8.91. The molecule has 0 aliphatic carbocycles.